The van der Waals surface area contributed by atoms with Crippen LogP contribution in [0.25, 0.3) is 0 Å². The maximum atomic E-state index is 13.2. The van der Waals surface area contributed by atoms with E-state index in [2.05, 4.69) is 0 Å². The summed E-state index contributed by atoms with van der Waals surface area (Å²) in [5.74, 6) is 0.292. The molecule has 1 aliphatic heterocycles. The Kier molecular flexibility index (Phi) is 2.78. The molecule has 0 spiro atoms. The summed E-state index contributed by atoms with van der Waals surface area (Å²) in [4.78, 5) is 0.318. The zero-order valence-electron chi connectivity index (χ0n) is 9.40. The molecule has 1 unspecified atom stereocenters. The van der Waals surface area contributed by atoms with Crippen molar-refractivity contribution in [1.82, 2.24) is 0 Å². The minimum atomic E-state index is -3.19. The molecule has 1 aromatic rings. The van der Waals surface area contributed by atoms with Gasteiger partial charge in [0.1, 0.15) is 5.82 Å². The smallest absolute Gasteiger partial charge is 0.178 e. The van der Waals surface area contributed by atoms with Gasteiger partial charge < -0.3 is 0 Å². The fraction of sp³-hybridized carbons (Fsp3) is 0.500. The molecule has 0 saturated carbocycles. The largest absolute Gasteiger partial charge is 0.224 e. The summed E-state index contributed by atoms with van der Waals surface area (Å²) in [6.07, 6.45) is 0.594. The predicted octanol–water partition coefficient (Wildman–Crippen LogP) is 2.74. The van der Waals surface area contributed by atoms with Gasteiger partial charge >= 0.3 is 0 Å². The van der Waals surface area contributed by atoms with Crippen LogP contribution in [0.3, 0.4) is 0 Å². The Morgan fingerprint density at radius 3 is 2.69 bits per heavy atom. The first-order valence-corrected chi connectivity index (χ1v) is 7.09. The van der Waals surface area contributed by atoms with Crippen molar-refractivity contribution in [2.24, 2.45) is 5.92 Å². The third-order valence-corrected chi connectivity index (χ3v) is 5.02. The molecule has 2 rings (SSSR count). The highest BCUT2D eigenvalue weighted by Crippen LogP contribution is 2.38. The lowest BCUT2D eigenvalue weighted by molar-refractivity contribution is 0.461. The van der Waals surface area contributed by atoms with Crippen LogP contribution in [0.5, 0.6) is 0 Å². The average Bonchev–Trinajstić information content (AvgIpc) is 2.16. The van der Waals surface area contributed by atoms with Gasteiger partial charge in [0.15, 0.2) is 9.84 Å². The second-order valence-electron chi connectivity index (χ2n) is 4.64. The summed E-state index contributed by atoms with van der Waals surface area (Å²) in [5.41, 5.74) is 0.654. The van der Waals surface area contributed by atoms with Gasteiger partial charge in [-0.2, -0.15) is 0 Å². The van der Waals surface area contributed by atoms with Gasteiger partial charge in [0.2, 0.25) is 0 Å². The molecule has 1 heterocycles. The highest BCUT2D eigenvalue weighted by molar-refractivity contribution is 7.91. The van der Waals surface area contributed by atoms with E-state index in [0.717, 1.165) is 0 Å². The molecule has 4 heteroatoms. The lowest BCUT2D eigenvalue weighted by atomic mass is 9.86. The van der Waals surface area contributed by atoms with Gasteiger partial charge in [-0.3, -0.25) is 0 Å². The van der Waals surface area contributed by atoms with E-state index < -0.39 is 9.84 Å². The van der Waals surface area contributed by atoms with Gasteiger partial charge in [0, 0.05) is 0 Å². The van der Waals surface area contributed by atoms with Gasteiger partial charge in [0.25, 0.3) is 0 Å². The standard InChI is InChI=1S/C12H15FO2S/c1-8(2)10-5-6-16(14,15)12-4-3-9(13)7-11(10)12/h3-4,7-8,10H,5-6H2,1-2H3. The van der Waals surface area contributed by atoms with E-state index in [0.29, 0.717) is 22.8 Å². The number of rotatable bonds is 1. The molecule has 1 aromatic carbocycles. The summed E-state index contributed by atoms with van der Waals surface area (Å²) in [5, 5.41) is 0. The lowest BCUT2D eigenvalue weighted by Gasteiger charge is -2.28. The highest BCUT2D eigenvalue weighted by atomic mass is 32.2. The predicted molar refractivity (Wildman–Crippen MR) is 60.6 cm³/mol. The van der Waals surface area contributed by atoms with Crippen molar-refractivity contribution in [3.63, 3.8) is 0 Å². The van der Waals surface area contributed by atoms with E-state index in [9.17, 15) is 12.8 Å². The number of sulfone groups is 1. The maximum Gasteiger partial charge on any atom is 0.178 e. The molecule has 0 fully saturated rings. The van der Waals surface area contributed by atoms with Crippen molar-refractivity contribution >= 4 is 9.84 Å². The van der Waals surface area contributed by atoms with Gasteiger partial charge in [-0.15, -0.1) is 0 Å². The first-order chi connectivity index (χ1) is 7.42. The minimum Gasteiger partial charge on any atom is -0.224 e. The molecule has 1 atom stereocenters. The van der Waals surface area contributed by atoms with Gasteiger partial charge in [-0.05, 0) is 42.0 Å². The number of fused-ring (bicyclic) bond motifs is 1. The SMILES string of the molecule is CC(C)C1CCS(=O)(=O)c2ccc(F)cc21. The summed E-state index contributed by atoms with van der Waals surface area (Å²) >= 11 is 0. The Morgan fingerprint density at radius 2 is 2.06 bits per heavy atom. The third kappa shape index (κ3) is 1.86. The molecule has 0 aromatic heterocycles. The number of benzene rings is 1. The molecule has 1 aliphatic rings. The quantitative estimate of drug-likeness (QED) is 0.710. The van der Waals surface area contributed by atoms with E-state index in [1.54, 1.807) is 0 Å². The Hall–Kier alpha value is -0.900. The van der Waals surface area contributed by atoms with Crippen molar-refractivity contribution in [3.8, 4) is 0 Å². The maximum absolute atomic E-state index is 13.2. The second kappa shape index (κ2) is 3.84. The molecule has 0 N–H and O–H groups in total. The molecule has 0 amide bonds. The van der Waals surface area contributed by atoms with E-state index in [1.807, 2.05) is 13.8 Å². The Bertz CT molecular complexity index is 506. The van der Waals surface area contributed by atoms with Crippen LogP contribution in [-0.4, -0.2) is 14.2 Å². The van der Waals surface area contributed by atoms with Crippen molar-refractivity contribution < 1.29 is 12.8 Å². The second-order valence-corrected chi connectivity index (χ2v) is 6.72. The Labute approximate surface area is 95.4 Å². The average molecular weight is 242 g/mol. The first kappa shape index (κ1) is 11.6. The monoisotopic (exact) mass is 242 g/mol. The zero-order valence-corrected chi connectivity index (χ0v) is 10.2. The lowest BCUT2D eigenvalue weighted by Crippen LogP contribution is -2.23. The minimum absolute atomic E-state index is 0.147. The fourth-order valence-corrected chi connectivity index (χ4v) is 3.96. The van der Waals surface area contributed by atoms with Crippen molar-refractivity contribution in [2.45, 2.75) is 31.1 Å². The van der Waals surface area contributed by atoms with Gasteiger partial charge in [-0.25, -0.2) is 12.8 Å². The van der Waals surface area contributed by atoms with Crippen LogP contribution in [0.15, 0.2) is 23.1 Å². The van der Waals surface area contributed by atoms with E-state index in [1.165, 1.54) is 18.2 Å². The summed E-state index contributed by atoms with van der Waals surface area (Å²) in [6, 6.07) is 3.99. The molecule has 0 bridgehead atoms. The van der Waals surface area contributed by atoms with E-state index in [4.69, 9.17) is 0 Å². The van der Waals surface area contributed by atoms with Crippen molar-refractivity contribution in [3.05, 3.63) is 29.6 Å². The van der Waals surface area contributed by atoms with E-state index in [-0.39, 0.29) is 17.5 Å². The molecule has 2 nitrogen and oxygen atoms in total. The van der Waals surface area contributed by atoms with Gasteiger partial charge in [0.05, 0.1) is 10.6 Å². The number of hydrogen-bond acceptors (Lipinski definition) is 2. The number of halogens is 1. The molecule has 16 heavy (non-hydrogen) atoms. The molecule has 0 radical (unpaired) electrons. The molecule has 0 saturated heterocycles. The van der Waals surface area contributed by atoms with Crippen molar-refractivity contribution in [1.29, 1.82) is 0 Å². The molecular weight excluding hydrogens is 227 g/mol. The van der Waals surface area contributed by atoms with Gasteiger partial charge in [-0.1, -0.05) is 13.8 Å². The fourth-order valence-electron chi connectivity index (χ4n) is 2.33. The summed E-state index contributed by atoms with van der Waals surface area (Å²) in [6.45, 7) is 4.08. The summed E-state index contributed by atoms with van der Waals surface area (Å²) < 4.78 is 36.8. The molecular formula is C12H15FO2S. The molecule has 88 valence electrons. The van der Waals surface area contributed by atoms with Crippen LogP contribution < -0.4 is 0 Å². The highest BCUT2D eigenvalue weighted by Gasteiger charge is 2.31. The van der Waals surface area contributed by atoms with Crippen molar-refractivity contribution in [2.75, 3.05) is 5.75 Å². The number of hydrogen-bond donors (Lipinski definition) is 0. The third-order valence-electron chi connectivity index (χ3n) is 3.21. The first-order valence-electron chi connectivity index (χ1n) is 5.44. The van der Waals surface area contributed by atoms with Crippen LogP contribution in [0.2, 0.25) is 0 Å². The van der Waals surface area contributed by atoms with Crippen LogP contribution in [-0.2, 0) is 9.84 Å². The topological polar surface area (TPSA) is 34.1 Å². The van der Waals surface area contributed by atoms with Crippen LogP contribution in [0, 0.1) is 11.7 Å². The Morgan fingerprint density at radius 1 is 1.38 bits per heavy atom. The normalized spacial score (nSPS) is 23.1. The summed E-state index contributed by atoms with van der Waals surface area (Å²) in [7, 11) is -3.19. The Balaban J connectivity index is 2.63. The van der Waals surface area contributed by atoms with Crippen LogP contribution in [0.1, 0.15) is 31.7 Å². The van der Waals surface area contributed by atoms with Crippen LogP contribution in [0.4, 0.5) is 4.39 Å². The van der Waals surface area contributed by atoms with E-state index >= 15 is 0 Å². The zero-order chi connectivity index (χ0) is 11.9. The van der Waals surface area contributed by atoms with Crippen LogP contribution >= 0.6 is 0 Å². The molecule has 0 aliphatic carbocycles.